The van der Waals surface area contributed by atoms with Gasteiger partial charge in [0.2, 0.25) is 11.0 Å². The Bertz CT molecular complexity index is 926. The van der Waals surface area contributed by atoms with Gasteiger partial charge in [0.1, 0.15) is 0 Å². The van der Waals surface area contributed by atoms with E-state index in [1.165, 1.54) is 30.0 Å². The van der Waals surface area contributed by atoms with Gasteiger partial charge in [0.25, 0.3) is 0 Å². The Morgan fingerprint density at radius 3 is 2.37 bits per heavy atom. The zero-order chi connectivity index (χ0) is 19.2. The summed E-state index contributed by atoms with van der Waals surface area (Å²) < 4.78 is 0.711. The third-order valence-electron chi connectivity index (χ3n) is 3.64. The lowest BCUT2D eigenvalue weighted by molar-refractivity contribution is -0.115. The largest absolute Gasteiger partial charge is 0.330 e. The van der Waals surface area contributed by atoms with Crippen molar-refractivity contribution in [3.63, 3.8) is 0 Å². The van der Waals surface area contributed by atoms with E-state index in [4.69, 9.17) is 0 Å². The average Bonchev–Trinajstić information content (AvgIpc) is 3.09. The van der Waals surface area contributed by atoms with E-state index in [1.807, 2.05) is 37.3 Å². The summed E-state index contributed by atoms with van der Waals surface area (Å²) in [5.74, 6) is -0.142. The standard InChI is InChI=1S/C19H18N4O2S2/c1-12(24)14-8-10-16(11-9-14)20-17(25)13(2)26-19-23-22-18(27-19)21-15-6-4-3-5-7-15/h3-11,13H,1-2H3,(H,20,25)(H,21,22). The molecular weight excluding hydrogens is 380 g/mol. The van der Waals surface area contributed by atoms with Crippen molar-refractivity contribution in [2.45, 2.75) is 23.4 Å². The minimum absolute atomic E-state index is 0.00649. The molecular formula is C19H18N4O2S2. The maximum atomic E-state index is 12.4. The highest BCUT2D eigenvalue weighted by atomic mass is 32.2. The van der Waals surface area contributed by atoms with Crippen molar-refractivity contribution in [1.29, 1.82) is 0 Å². The van der Waals surface area contributed by atoms with Gasteiger partial charge in [0, 0.05) is 16.9 Å². The number of benzene rings is 2. The summed E-state index contributed by atoms with van der Waals surface area (Å²) in [6.45, 7) is 3.32. The first-order valence-corrected chi connectivity index (χ1v) is 9.95. The Hall–Kier alpha value is -2.71. The van der Waals surface area contributed by atoms with Crippen molar-refractivity contribution in [3.8, 4) is 0 Å². The van der Waals surface area contributed by atoms with Crippen molar-refractivity contribution in [3.05, 3.63) is 60.2 Å². The number of thioether (sulfide) groups is 1. The van der Waals surface area contributed by atoms with Crippen LogP contribution in [0.5, 0.6) is 0 Å². The molecule has 0 saturated heterocycles. The summed E-state index contributed by atoms with van der Waals surface area (Å²) in [6, 6.07) is 16.5. The van der Waals surface area contributed by atoms with Crippen LogP contribution in [0.4, 0.5) is 16.5 Å². The molecule has 1 amide bonds. The molecule has 0 radical (unpaired) electrons. The molecule has 0 bridgehead atoms. The fourth-order valence-electron chi connectivity index (χ4n) is 2.19. The summed E-state index contributed by atoms with van der Waals surface area (Å²) in [6.07, 6.45) is 0. The van der Waals surface area contributed by atoms with Gasteiger partial charge in [-0.2, -0.15) is 0 Å². The topological polar surface area (TPSA) is 84.0 Å². The summed E-state index contributed by atoms with van der Waals surface area (Å²) in [5.41, 5.74) is 2.20. The van der Waals surface area contributed by atoms with Gasteiger partial charge in [-0.1, -0.05) is 41.3 Å². The Labute approximate surface area is 165 Å². The lowest BCUT2D eigenvalue weighted by Crippen LogP contribution is -2.22. The monoisotopic (exact) mass is 398 g/mol. The molecule has 27 heavy (non-hydrogen) atoms. The minimum atomic E-state index is -0.338. The number of nitrogens with one attached hydrogen (secondary N) is 2. The summed E-state index contributed by atoms with van der Waals surface area (Å²) >= 11 is 2.75. The molecule has 0 aliphatic carbocycles. The molecule has 3 aromatic rings. The Morgan fingerprint density at radius 1 is 1.00 bits per heavy atom. The normalized spacial score (nSPS) is 11.6. The first kappa shape index (κ1) is 19.1. The summed E-state index contributed by atoms with van der Waals surface area (Å²) in [7, 11) is 0. The number of carbonyl (C=O) groups is 2. The zero-order valence-corrected chi connectivity index (χ0v) is 16.4. The maximum absolute atomic E-state index is 12.4. The molecule has 0 fully saturated rings. The second kappa shape index (κ2) is 8.79. The van der Waals surface area contributed by atoms with E-state index >= 15 is 0 Å². The van der Waals surface area contributed by atoms with E-state index in [9.17, 15) is 9.59 Å². The molecule has 0 aliphatic heterocycles. The van der Waals surface area contributed by atoms with Crippen LogP contribution in [0.1, 0.15) is 24.2 Å². The van der Waals surface area contributed by atoms with Crippen molar-refractivity contribution in [2.24, 2.45) is 0 Å². The number of nitrogens with zero attached hydrogens (tertiary/aromatic N) is 2. The molecule has 1 heterocycles. The molecule has 8 heteroatoms. The smallest absolute Gasteiger partial charge is 0.237 e. The maximum Gasteiger partial charge on any atom is 0.237 e. The summed E-state index contributed by atoms with van der Waals surface area (Å²) in [4.78, 5) is 23.7. The first-order valence-electron chi connectivity index (χ1n) is 8.25. The highest BCUT2D eigenvalue weighted by molar-refractivity contribution is 8.02. The molecule has 6 nitrogen and oxygen atoms in total. The average molecular weight is 399 g/mol. The number of carbonyl (C=O) groups excluding carboxylic acids is 2. The van der Waals surface area contributed by atoms with Crippen LogP contribution < -0.4 is 10.6 Å². The fraction of sp³-hybridized carbons (Fsp3) is 0.158. The van der Waals surface area contributed by atoms with Crippen molar-refractivity contribution >= 4 is 51.3 Å². The number of amides is 1. The van der Waals surface area contributed by atoms with Gasteiger partial charge in [-0.3, -0.25) is 9.59 Å². The quantitative estimate of drug-likeness (QED) is 0.447. The molecule has 2 aromatic carbocycles. The number of Topliss-reactive ketones (excluding diaryl/α,β-unsaturated/α-hetero) is 1. The SMILES string of the molecule is CC(=O)c1ccc(NC(=O)C(C)Sc2nnc(Nc3ccccc3)s2)cc1. The van der Waals surface area contributed by atoms with Crippen LogP contribution in [0.2, 0.25) is 0 Å². The van der Waals surface area contributed by atoms with E-state index in [1.54, 1.807) is 24.3 Å². The van der Waals surface area contributed by atoms with E-state index in [2.05, 4.69) is 20.8 Å². The molecule has 138 valence electrons. The molecule has 0 saturated carbocycles. The number of aromatic nitrogens is 2. The minimum Gasteiger partial charge on any atom is -0.330 e. The molecule has 1 unspecified atom stereocenters. The van der Waals surface area contributed by atoms with Crippen LogP contribution in [0.3, 0.4) is 0 Å². The molecule has 0 aliphatic rings. The van der Waals surface area contributed by atoms with Gasteiger partial charge < -0.3 is 10.6 Å². The highest BCUT2D eigenvalue weighted by Gasteiger charge is 2.17. The van der Waals surface area contributed by atoms with E-state index in [0.29, 0.717) is 20.7 Å². The van der Waals surface area contributed by atoms with Crippen LogP contribution in [0.15, 0.2) is 58.9 Å². The Kier molecular flexibility index (Phi) is 6.20. The third kappa shape index (κ3) is 5.38. The van der Waals surface area contributed by atoms with Crippen LogP contribution >= 0.6 is 23.1 Å². The summed E-state index contributed by atoms with van der Waals surface area (Å²) in [5, 5.41) is 14.6. The van der Waals surface area contributed by atoms with E-state index < -0.39 is 0 Å². The lowest BCUT2D eigenvalue weighted by Gasteiger charge is -2.10. The van der Waals surface area contributed by atoms with Crippen LogP contribution in [-0.4, -0.2) is 27.1 Å². The van der Waals surface area contributed by atoms with Crippen molar-refractivity contribution in [2.75, 3.05) is 10.6 Å². The lowest BCUT2D eigenvalue weighted by atomic mass is 10.1. The first-order chi connectivity index (χ1) is 13.0. The van der Waals surface area contributed by atoms with Crippen LogP contribution in [0, 0.1) is 0 Å². The molecule has 0 spiro atoms. The fourth-order valence-corrected chi connectivity index (χ4v) is 4.11. The molecule has 1 aromatic heterocycles. The molecule has 1 atom stereocenters. The second-order valence-corrected chi connectivity index (χ2v) is 8.31. The molecule has 3 rings (SSSR count). The van der Waals surface area contributed by atoms with Gasteiger partial charge >= 0.3 is 0 Å². The van der Waals surface area contributed by atoms with Gasteiger partial charge in [0.15, 0.2) is 10.1 Å². The number of para-hydroxylation sites is 1. The number of hydrogen-bond donors (Lipinski definition) is 2. The highest BCUT2D eigenvalue weighted by Crippen LogP contribution is 2.30. The van der Waals surface area contributed by atoms with Crippen molar-refractivity contribution < 1.29 is 9.59 Å². The predicted octanol–water partition coefficient (Wildman–Crippen LogP) is 4.60. The van der Waals surface area contributed by atoms with Gasteiger partial charge in [-0.05, 0) is 50.2 Å². The predicted molar refractivity (Wildman–Crippen MR) is 110 cm³/mol. The Morgan fingerprint density at radius 2 is 1.70 bits per heavy atom. The van der Waals surface area contributed by atoms with Gasteiger partial charge in [0.05, 0.1) is 5.25 Å². The van der Waals surface area contributed by atoms with E-state index in [0.717, 1.165) is 5.69 Å². The van der Waals surface area contributed by atoms with Crippen molar-refractivity contribution in [1.82, 2.24) is 10.2 Å². The second-order valence-electron chi connectivity index (χ2n) is 5.75. The number of anilines is 3. The van der Waals surface area contributed by atoms with E-state index in [-0.39, 0.29) is 16.9 Å². The van der Waals surface area contributed by atoms with Gasteiger partial charge in [-0.15, -0.1) is 10.2 Å². The Balaban J connectivity index is 1.56. The number of hydrogen-bond acceptors (Lipinski definition) is 7. The number of rotatable bonds is 7. The molecule has 2 N–H and O–H groups in total. The van der Waals surface area contributed by atoms with Gasteiger partial charge in [-0.25, -0.2) is 0 Å². The zero-order valence-electron chi connectivity index (χ0n) is 14.8. The van der Waals surface area contributed by atoms with Crippen LogP contribution in [-0.2, 0) is 4.79 Å². The third-order valence-corrected chi connectivity index (χ3v) is 5.66. The van der Waals surface area contributed by atoms with Crippen LogP contribution in [0.25, 0.3) is 0 Å². The number of ketones is 1.